The standard InChI is InChI=1S/C27H38N2O9/c1-7-9-11-19-22(38-25(32)15(3)8-2)17(5)37-27(34)21(16(4)36-26(19)33)29-24(31)18-12-10-13-20(28-14-30)23(18)35-6/h10,12-17,19,21-22H,7-9,11H2,1-6H3,(H,28,30)(H,29,31)/t15?,16-,17+,19-,21+,22+/m1/s1. The molecule has 1 aromatic carbocycles. The highest BCUT2D eigenvalue weighted by molar-refractivity contribution is 6.01. The number of hydrogen-bond acceptors (Lipinski definition) is 9. The van der Waals surface area contributed by atoms with Crippen molar-refractivity contribution in [3.8, 4) is 5.75 Å². The summed E-state index contributed by atoms with van der Waals surface area (Å²) in [5, 5.41) is 5.01. The van der Waals surface area contributed by atoms with Gasteiger partial charge in [0, 0.05) is 0 Å². The van der Waals surface area contributed by atoms with Crippen LogP contribution in [0.2, 0.25) is 0 Å². The Labute approximate surface area is 222 Å². The van der Waals surface area contributed by atoms with Gasteiger partial charge in [-0.1, -0.05) is 39.7 Å². The number of unbranched alkanes of at least 4 members (excludes halogenated alkanes) is 1. The van der Waals surface area contributed by atoms with E-state index in [1.165, 1.54) is 26.2 Å². The summed E-state index contributed by atoms with van der Waals surface area (Å²) in [4.78, 5) is 63.2. The van der Waals surface area contributed by atoms with Gasteiger partial charge in [-0.3, -0.25) is 19.2 Å². The highest BCUT2D eigenvalue weighted by Gasteiger charge is 2.44. The molecule has 2 N–H and O–H groups in total. The topological polar surface area (TPSA) is 146 Å². The minimum absolute atomic E-state index is 0.0415. The molecule has 1 aliphatic heterocycles. The molecule has 1 heterocycles. The molecule has 11 nitrogen and oxygen atoms in total. The van der Waals surface area contributed by atoms with Crippen LogP contribution in [0.4, 0.5) is 5.69 Å². The number of rotatable bonds is 11. The van der Waals surface area contributed by atoms with Crippen molar-refractivity contribution in [3.63, 3.8) is 0 Å². The summed E-state index contributed by atoms with van der Waals surface area (Å²) < 4.78 is 22.3. The fourth-order valence-electron chi connectivity index (χ4n) is 4.12. The average Bonchev–Trinajstić information content (AvgIpc) is 2.92. The lowest BCUT2D eigenvalue weighted by atomic mass is 9.92. The first kappa shape index (κ1) is 30.6. The van der Waals surface area contributed by atoms with Crippen LogP contribution in [0.15, 0.2) is 18.2 Å². The van der Waals surface area contributed by atoms with Crippen molar-refractivity contribution in [2.75, 3.05) is 12.4 Å². The van der Waals surface area contributed by atoms with Gasteiger partial charge in [-0.05, 0) is 38.8 Å². The smallest absolute Gasteiger partial charge is 0.332 e. The molecule has 11 heteroatoms. The monoisotopic (exact) mass is 534 g/mol. The Bertz CT molecular complexity index is 1010. The largest absolute Gasteiger partial charge is 0.494 e. The van der Waals surface area contributed by atoms with Crippen molar-refractivity contribution in [2.45, 2.75) is 84.7 Å². The fraction of sp³-hybridized carbons (Fsp3) is 0.593. The molecular formula is C27H38N2O9. The van der Waals surface area contributed by atoms with Crippen LogP contribution in [0.25, 0.3) is 0 Å². The van der Waals surface area contributed by atoms with Crippen LogP contribution in [-0.4, -0.2) is 61.7 Å². The van der Waals surface area contributed by atoms with Crippen molar-refractivity contribution in [2.24, 2.45) is 11.8 Å². The molecule has 0 saturated carbocycles. The number of amides is 2. The second kappa shape index (κ2) is 14.3. The Morgan fingerprint density at radius 1 is 1.11 bits per heavy atom. The predicted molar refractivity (Wildman–Crippen MR) is 137 cm³/mol. The molecule has 1 aliphatic rings. The minimum atomic E-state index is -1.36. The van der Waals surface area contributed by atoms with Crippen molar-refractivity contribution in [1.29, 1.82) is 0 Å². The molecule has 6 atom stereocenters. The molecule has 0 spiro atoms. The van der Waals surface area contributed by atoms with Crippen LogP contribution in [0.1, 0.15) is 70.7 Å². The molecule has 2 rings (SSSR count). The Morgan fingerprint density at radius 3 is 2.39 bits per heavy atom. The molecule has 38 heavy (non-hydrogen) atoms. The van der Waals surface area contributed by atoms with Gasteiger partial charge in [-0.2, -0.15) is 0 Å². The number of carbonyl (C=O) groups excluding carboxylic acids is 5. The lowest BCUT2D eigenvalue weighted by Gasteiger charge is -2.30. The minimum Gasteiger partial charge on any atom is -0.494 e. The van der Waals surface area contributed by atoms with E-state index in [-0.39, 0.29) is 17.0 Å². The molecule has 210 valence electrons. The molecule has 0 aliphatic carbocycles. The quantitative estimate of drug-likeness (QED) is 0.248. The number of carbonyl (C=O) groups is 5. The van der Waals surface area contributed by atoms with Gasteiger partial charge in [0.25, 0.3) is 5.91 Å². The Hall–Kier alpha value is -3.63. The maximum Gasteiger partial charge on any atom is 0.332 e. The zero-order chi connectivity index (χ0) is 28.4. The predicted octanol–water partition coefficient (Wildman–Crippen LogP) is 3.00. The first-order valence-corrected chi connectivity index (χ1v) is 12.9. The number of anilines is 1. The highest BCUT2D eigenvalue weighted by atomic mass is 16.6. The summed E-state index contributed by atoms with van der Waals surface area (Å²) >= 11 is 0. The SMILES string of the molecule is CCCC[C@H]1C(=O)O[C@H](C)[C@H](NC(=O)c2cccc(NC=O)c2OC)C(=O)O[C@@H](C)[C@@H]1OC(=O)C(C)CC. The summed E-state index contributed by atoms with van der Waals surface area (Å²) in [6, 6.07) is 3.17. The van der Waals surface area contributed by atoms with Gasteiger partial charge >= 0.3 is 17.9 Å². The summed E-state index contributed by atoms with van der Waals surface area (Å²) in [6.07, 6.45) is -0.319. The number of methoxy groups -OCH3 is 1. The Morgan fingerprint density at radius 2 is 1.79 bits per heavy atom. The van der Waals surface area contributed by atoms with E-state index >= 15 is 0 Å². The molecular weight excluding hydrogens is 496 g/mol. The number of benzene rings is 1. The molecule has 0 aromatic heterocycles. The summed E-state index contributed by atoms with van der Waals surface area (Å²) in [5.41, 5.74) is 0.296. The number of cyclic esters (lactones) is 2. The number of ether oxygens (including phenoxy) is 4. The van der Waals surface area contributed by atoms with Crippen molar-refractivity contribution >= 4 is 35.9 Å². The molecule has 1 unspecified atom stereocenters. The van der Waals surface area contributed by atoms with Gasteiger partial charge in [-0.15, -0.1) is 0 Å². The lowest BCUT2D eigenvalue weighted by molar-refractivity contribution is -0.177. The third kappa shape index (κ3) is 7.45. The highest BCUT2D eigenvalue weighted by Crippen LogP contribution is 2.30. The molecule has 1 aromatic rings. The van der Waals surface area contributed by atoms with E-state index in [0.717, 1.165) is 6.42 Å². The van der Waals surface area contributed by atoms with E-state index in [1.807, 2.05) is 13.8 Å². The van der Waals surface area contributed by atoms with Gasteiger partial charge < -0.3 is 29.6 Å². The number of para-hydroxylation sites is 1. The number of nitrogens with one attached hydrogen (secondary N) is 2. The van der Waals surface area contributed by atoms with E-state index in [0.29, 0.717) is 25.7 Å². The van der Waals surface area contributed by atoms with Crippen LogP contribution in [-0.2, 0) is 33.4 Å². The summed E-state index contributed by atoms with van der Waals surface area (Å²) in [7, 11) is 1.33. The summed E-state index contributed by atoms with van der Waals surface area (Å²) in [5.74, 6) is -3.88. The first-order valence-electron chi connectivity index (χ1n) is 12.9. The van der Waals surface area contributed by atoms with Crippen LogP contribution in [0.3, 0.4) is 0 Å². The lowest BCUT2D eigenvalue weighted by Crippen LogP contribution is -2.50. The molecule has 1 fully saturated rings. The van der Waals surface area contributed by atoms with E-state index in [4.69, 9.17) is 18.9 Å². The Kier molecular flexibility index (Phi) is 11.5. The van der Waals surface area contributed by atoms with E-state index in [1.54, 1.807) is 19.9 Å². The van der Waals surface area contributed by atoms with Crippen LogP contribution in [0.5, 0.6) is 5.75 Å². The van der Waals surface area contributed by atoms with Gasteiger partial charge in [0.2, 0.25) is 6.41 Å². The molecule has 0 bridgehead atoms. The van der Waals surface area contributed by atoms with Crippen molar-refractivity contribution in [1.82, 2.24) is 5.32 Å². The van der Waals surface area contributed by atoms with Crippen LogP contribution >= 0.6 is 0 Å². The van der Waals surface area contributed by atoms with Crippen molar-refractivity contribution < 1.29 is 42.9 Å². The molecule has 1 saturated heterocycles. The zero-order valence-corrected chi connectivity index (χ0v) is 22.8. The summed E-state index contributed by atoms with van der Waals surface area (Å²) in [6.45, 7) is 8.54. The number of esters is 3. The number of hydrogen-bond donors (Lipinski definition) is 2. The fourth-order valence-corrected chi connectivity index (χ4v) is 4.12. The van der Waals surface area contributed by atoms with Crippen molar-refractivity contribution in [3.05, 3.63) is 23.8 Å². The normalized spacial score (nSPS) is 24.4. The third-order valence-electron chi connectivity index (χ3n) is 6.59. The zero-order valence-electron chi connectivity index (χ0n) is 22.8. The molecule has 2 amide bonds. The van der Waals surface area contributed by atoms with E-state index < -0.39 is 60.0 Å². The van der Waals surface area contributed by atoms with E-state index in [2.05, 4.69) is 10.6 Å². The van der Waals surface area contributed by atoms with Crippen LogP contribution in [0, 0.1) is 11.8 Å². The second-order valence-electron chi connectivity index (χ2n) is 9.34. The van der Waals surface area contributed by atoms with Crippen LogP contribution < -0.4 is 15.4 Å². The molecule has 0 radical (unpaired) electrons. The van der Waals surface area contributed by atoms with E-state index in [9.17, 15) is 24.0 Å². The first-order chi connectivity index (χ1) is 18.1. The van der Waals surface area contributed by atoms with Gasteiger partial charge in [0.1, 0.15) is 12.2 Å². The maximum absolute atomic E-state index is 13.3. The second-order valence-corrected chi connectivity index (χ2v) is 9.34. The Balaban J connectivity index is 2.38. The van der Waals surface area contributed by atoms with Gasteiger partial charge in [0.05, 0.1) is 30.2 Å². The van der Waals surface area contributed by atoms with Gasteiger partial charge in [-0.25, -0.2) is 4.79 Å². The third-order valence-corrected chi connectivity index (χ3v) is 6.59. The average molecular weight is 535 g/mol. The van der Waals surface area contributed by atoms with Gasteiger partial charge in [0.15, 0.2) is 17.9 Å². The maximum atomic E-state index is 13.3.